The molecule has 3 aromatic rings. The maximum Gasteiger partial charge on any atom is 0.129 e. The first-order chi connectivity index (χ1) is 10.4. The van der Waals surface area contributed by atoms with E-state index in [0.29, 0.717) is 0 Å². The van der Waals surface area contributed by atoms with E-state index in [9.17, 15) is 0 Å². The van der Waals surface area contributed by atoms with E-state index in [-0.39, 0.29) is 0 Å². The van der Waals surface area contributed by atoms with Crippen LogP contribution in [0.3, 0.4) is 0 Å². The number of pyridine rings is 1. The fourth-order valence-electron chi connectivity index (χ4n) is 2.38. The molecule has 0 saturated carbocycles. The van der Waals surface area contributed by atoms with Gasteiger partial charge >= 0.3 is 0 Å². The summed E-state index contributed by atoms with van der Waals surface area (Å²) in [5, 5.41) is 4.54. The number of hydrogen-bond acceptors (Lipinski definition) is 4. The predicted octanol–water partition coefficient (Wildman–Crippen LogP) is 3.24. The molecule has 0 aliphatic rings. The summed E-state index contributed by atoms with van der Waals surface area (Å²) in [5.41, 5.74) is 3.39. The fraction of sp³-hybridized carbons (Fsp3) is 0.235. The van der Waals surface area contributed by atoms with Crippen LogP contribution in [0.2, 0.25) is 0 Å². The van der Waals surface area contributed by atoms with Crippen LogP contribution in [0.25, 0.3) is 10.9 Å². The minimum Gasteiger partial charge on any atom is -0.370 e. The Morgan fingerprint density at radius 1 is 1.05 bits per heavy atom. The van der Waals surface area contributed by atoms with Crippen molar-refractivity contribution in [2.24, 2.45) is 0 Å². The number of hydrogen-bond donors (Lipinski definition) is 1. The Balaban J connectivity index is 1.69. The van der Waals surface area contributed by atoms with E-state index in [2.05, 4.69) is 51.5 Å². The van der Waals surface area contributed by atoms with Gasteiger partial charge in [0.25, 0.3) is 0 Å². The smallest absolute Gasteiger partial charge is 0.129 e. The van der Waals surface area contributed by atoms with Crippen molar-refractivity contribution >= 4 is 16.7 Å². The van der Waals surface area contributed by atoms with E-state index in [1.165, 1.54) is 10.9 Å². The van der Waals surface area contributed by atoms with Gasteiger partial charge in [0.15, 0.2) is 0 Å². The fourth-order valence-corrected chi connectivity index (χ4v) is 2.38. The van der Waals surface area contributed by atoms with Crippen LogP contribution >= 0.6 is 0 Å². The molecule has 0 amide bonds. The van der Waals surface area contributed by atoms with Crippen molar-refractivity contribution in [2.75, 3.05) is 11.9 Å². The molecular weight excluding hydrogens is 260 g/mol. The highest BCUT2D eigenvalue weighted by Crippen LogP contribution is 2.16. The Bertz CT molecular complexity index is 734. The second-order valence-electron chi connectivity index (χ2n) is 4.92. The first-order valence-corrected chi connectivity index (χ1v) is 7.24. The molecule has 3 rings (SSSR count). The van der Waals surface area contributed by atoms with Crippen LogP contribution < -0.4 is 5.32 Å². The minimum atomic E-state index is 0.829. The number of nitrogens with one attached hydrogen (secondary N) is 1. The summed E-state index contributed by atoms with van der Waals surface area (Å²) in [4.78, 5) is 12.9. The van der Waals surface area contributed by atoms with E-state index in [0.717, 1.165) is 36.4 Å². The summed E-state index contributed by atoms with van der Waals surface area (Å²) < 4.78 is 0. The number of nitrogens with zero attached hydrogens (tertiary/aromatic N) is 3. The minimum absolute atomic E-state index is 0.829. The second kappa shape index (κ2) is 6.31. The molecule has 0 radical (unpaired) electrons. The summed E-state index contributed by atoms with van der Waals surface area (Å²) in [6.07, 6.45) is 5.29. The van der Waals surface area contributed by atoms with E-state index in [4.69, 9.17) is 0 Å². The molecule has 106 valence electrons. The third-order valence-corrected chi connectivity index (χ3v) is 3.50. The molecular formula is C17H18N4. The van der Waals surface area contributed by atoms with E-state index in [1.807, 2.05) is 18.3 Å². The van der Waals surface area contributed by atoms with Gasteiger partial charge in [-0.1, -0.05) is 31.2 Å². The topological polar surface area (TPSA) is 50.7 Å². The Morgan fingerprint density at radius 3 is 2.86 bits per heavy atom. The molecule has 0 unspecified atom stereocenters. The van der Waals surface area contributed by atoms with Gasteiger partial charge in [0.1, 0.15) is 12.1 Å². The van der Waals surface area contributed by atoms with Gasteiger partial charge < -0.3 is 5.32 Å². The zero-order valence-corrected chi connectivity index (χ0v) is 12.1. The summed E-state index contributed by atoms with van der Waals surface area (Å²) in [6, 6.07) is 12.4. The summed E-state index contributed by atoms with van der Waals surface area (Å²) in [5.74, 6) is 0.884. The maximum absolute atomic E-state index is 4.48. The number of para-hydroxylation sites is 1. The van der Waals surface area contributed by atoms with Gasteiger partial charge in [0.05, 0.1) is 5.52 Å². The van der Waals surface area contributed by atoms with Crippen LogP contribution in [0, 0.1) is 0 Å². The molecule has 2 heterocycles. The van der Waals surface area contributed by atoms with E-state index >= 15 is 0 Å². The molecule has 0 atom stereocenters. The molecule has 1 N–H and O–H groups in total. The first-order valence-electron chi connectivity index (χ1n) is 7.24. The number of aryl methyl sites for hydroxylation is 1. The molecule has 4 nitrogen and oxygen atoms in total. The van der Waals surface area contributed by atoms with Crippen molar-refractivity contribution in [3.05, 3.63) is 60.2 Å². The lowest BCUT2D eigenvalue weighted by molar-refractivity contribution is 0.969. The van der Waals surface area contributed by atoms with Crippen molar-refractivity contribution in [1.29, 1.82) is 0 Å². The van der Waals surface area contributed by atoms with E-state index < -0.39 is 0 Å². The van der Waals surface area contributed by atoms with Crippen LogP contribution in [-0.4, -0.2) is 21.5 Å². The summed E-state index contributed by atoms with van der Waals surface area (Å²) in [6.45, 7) is 2.92. The van der Waals surface area contributed by atoms with Crippen LogP contribution in [0.5, 0.6) is 0 Å². The molecule has 0 fully saturated rings. The number of aromatic nitrogens is 3. The molecule has 0 aliphatic carbocycles. The van der Waals surface area contributed by atoms with Gasteiger partial charge in [0.2, 0.25) is 0 Å². The highest BCUT2D eigenvalue weighted by atomic mass is 15.0. The normalized spacial score (nSPS) is 10.7. The number of anilines is 1. The SMILES string of the molecule is CCc1cc(NCCc2cccc3cccnc23)ncn1. The first kappa shape index (κ1) is 13.5. The highest BCUT2D eigenvalue weighted by molar-refractivity contribution is 5.81. The molecule has 1 aromatic carbocycles. The van der Waals surface area contributed by atoms with Gasteiger partial charge in [0, 0.05) is 29.9 Å². The lowest BCUT2D eigenvalue weighted by Crippen LogP contribution is -2.07. The van der Waals surface area contributed by atoms with Gasteiger partial charge in [-0.15, -0.1) is 0 Å². The molecule has 0 saturated heterocycles. The lowest BCUT2D eigenvalue weighted by Gasteiger charge is -2.08. The quantitative estimate of drug-likeness (QED) is 0.778. The molecule has 4 heteroatoms. The van der Waals surface area contributed by atoms with Crippen LogP contribution in [-0.2, 0) is 12.8 Å². The third-order valence-electron chi connectivity index (χ3n) is 3.50. The summed E-state index contributed by atoms with van der Waals surface area (Å²) >= 11 is 0. The number of benzene rings is 1. The van der Waals surface area contributed by atoms with Crippen molar-refractivity contribution < 1.29 is 0 Å². The van der Waals surface area contributed by atoms with E-state index in [1.54, 1.807) is 6.33 Å². The average molecular weight is 278 g/mol. The Kier molecular flexibility index (Phi) is 4.05. The molecule has 0 bridgehead atoms. The van der Waals surface area contributed by atoms with Gasteiger partial charge in [-0.2, -0.15) is 0 Å². The van der Waals surface area contributed by atoms with Crippen LogP contribution in [0.15, 0.2) is 48.9 Å². The van der Waals surface area contributed by atoms with Gasteiger partial charge in [-0.05, 0) is 24.5 Å². The predicted molar refractivity (Wildman–Crippen MR) is 85.3 cm³/mol. The average Bonchev–Trinajstić information content (AvgIpc) is 2.55. The van der Waals surface area contributed by atoms with Crippen molar-refractivity contribution in [2.45, 2.75) is 19.8 Å². The van der Waals surface area contributed by atoms with Gasteiger partial charge in [-0.25, -0.2) is 9.97 Å². The van der Waals surface area contributed by atoms with Crippen LogP contribution in [0.1, 0.15) is 18.2 Å². The molecule has 0 aliphatic heterocycles. The molecule has 2 aromatic heterocycles. The monoisotopic (exact) mass is 278 g/mol. The molecule has 0 spiro atoms. The zero-order valence-electron chi connectivity index (χ0n) is 12.1. The Morgan fingerprint density at radius 2 is 1.95 bits per heavy atom. The number of fused-ring (bicyclic) bond motifs is 1. The maximum atomic E-state index is 4.48. The van der Waals surface area contributed by atoms with Gasteiger partial charge in [-0.3, -0.25) is 4.98 Å². The zero-order chi connectivity index (χ0) is 14.5. The second-order valence-corrected chi connectivity index (χ2v) is 4.92. The third kappa shape index (κ3) is 3.16. The summed E-state index contributed by atoms with van der Waals surface area (Å²) in [7, 11) is 0. The Hall–Kier alpha value is -2.49. The standard InChI is InChI=1S/C17H18N4/c1-2-15-11-16(21-12-20-15)18-10-8-14-6-3-5-13-7-4-9-19-17(13)14/h3-7,9,11-12H,2,8,10H2,1H3,(H,18,20,21). The van der Waals surface area contributed by atoms with Crippen LogP contribution in [0.4, 0.5) is 5.82 Å². The molecule has 21 heavy (non-hydrogen) atoms. The largest absolute Gasteiger partial charge is 0.370 e. The van der Waals surface area contributed by atoms with Crippen molar-refractivity contribution in [3.63, 3.8) is 0 Å². The van der Waals surface area contributed by atoms with Crippen molar-refractivity contribution in [1.82, 2.24) is 15.0 Å². The Labute approximate surface area is 124 Å². The number of rotatable bonds is 5. The lowest BCUT2D eigenvalue weighted by atomic mass is 10.1. The highest BCUT2D eigenvalue weighted by Gasteiger charge is 2.02. The van der Waals surface area contributed by atoms with Crippen molar-refractivity contribution in [3.8, 4) is 0 Å².